The molecule has 0 atom stereocenters. The lowest BCUT2D eigenvalue weighted by Crippen LogP contribution is -2.25. The Morgan fingerprint density at radius 2 is 2.07 bits per heavy atom. The number of rotatable bonds is 0. The van der Waals surface area contributed by atoms with E-state index in [1.54, 1.807) is 11.3 Å². The van der Waals surface area contributed by atoms with Crippen LogP contribution in [-0.2, 0) is 6.42 Å². The molecule has 2 heterocycles. The number of aromatic nitrogens is 1. The summed E-state index contributed by atoms with van der Waals surface area (Å²) < 4.78 is 0. The summed E-state index contributed by atoms with van der Waals surface area (Å²) in [5.41, 5.74) is 8.10. The number of hydrogen-bond acceptors (Lipinski definition) is 4. The number of nitrogens with zero attached hydrogens (tertiary/aromatic N) is 2. The number of aliphatic imine (C=N–C) groups is 1. The van der Waals surface area contributed by atoms with Gasteiger partial charge in [0, 0.05) is 18.4 Å². The monoisotopic (exact) mass is 209 g/mol. The van der Waals surface area contributed by atoms with E-state index in [9.17, 15) is 0 Å². The van der Waals surface area contributed by atoms with E-state index in [0.29, 0.717) is 5.13 Å². The number of nitrogen functional groups attached to an aromatic ring is 1. The highest BCUT2D eigenvalue weighted by molar-refractivity contribution is 7.17. The molecule has 0 amide bonds. The molecule has 1 aliphatic rings. The molecule has 76 valence electrons. The van der Waals surface area contributed by atoms with Crippen molar-refractivity contribution in [2.24, 2.45) is 10.4 Å². The van der Waals surface area contributed by atoms with Crippen LogP contribution in [0.3, 0.4) is 0 Å². The molecule has 1 aliphatic heterocycles. The molecule has 0 spiro atoms. The summed E-state index contributed by atoms with van der Waals surface area (Å²) in [4.78, 5) is 10.1. The van der Waals surface area contributed by atoms with E-state index in [0.717, 1.165) is 24.4 Å². The molecule has 0 bridgehead atoms. The fraction of sp³-hybridized carbons (Fsp3) is 0.600. The molecular weight excluding hydrogens is 194 g/mol. The first-order valence-electron chi connectivity index (χ1n) is 4.79. The zero-order chi connectivity index (χ0) is 10.3. The number of anilines is 1. The minimum Gasteiger partial charge on any atom is -0.375 e. The van der Waals surface area contributed by atoms with Crippen LogP contribution in [0.4, 0.5) is 5.13 Å². The van der Waals surface area contributed by atoms with Gasteiger partial charge in [-0.1, -0.05) is 32.1 Å². The molecule has 0 aromatic carbocycles. The van der Waals surface area contributed by atoms with Gasteiger partial charge in [-0.2, -0.15) is 0 Å². The Labute approximate surface area is 88.1 Å². The summed E-state index contributed by atoms with van der Waals surface area (Å²) in [6, 6.07) is 0. The van der Waals surface area contributed by atoms with Crippen molar-refractivity contribution in [3.63, 3.8) is 0 Å². The summed E-state index contributed by atoms with van der Waals surface area (Å²) in [6.45, 7) is 7.38. The lowest BCUT2D eigenvalue weighted by atomic mass is 9.87. The summed E-state index contributed by atoms with van der Waals surface area (Å²) in [5, 5.41) is 0.661. The first-order valence-corrected chi connectivity index (χ1v) is 5.60. The van der Waals surface area contributed by atoms with Gasteiger partial charge in [0.05, 0.1) is 16.3 Å². The molecule has 0 aliphatic carbocycles. The molecule has 0 unspecified atom stereocenters. The molecular formula is C10H15N3S. The standard InChI is InChI=1S/C10H15N3S/c1-10(2,3)8-7-6(4-5-12-8)13-9(11)14-7/h4-5H2,1-3H3,(H2,11,13). The van der Waals surface area contributed by atoms with E-state index in [1.807, 2.05) is 0 Å². The Morgan fingerprint density at radius 1 is 1.36 bits per heavy atom. The zero-order valence-corrected chi connectivity index (χ0v) is 9.61. The average molecular weight is 209 g/mol. The van der Waals surface area contributed by atoms with E-state index in [1.165, 1.54) is 4.88 Å². The maximum atomic E-state index is 5.72. The molecule has 1 aromatic heterocycles. The van der Waals surface area contributed by atoms with Crippen LogP contribution in [0.1, 0.15) is 31.3 Å². The van der Waals surface area contributed by atoms with E-state index in [-0.39, 0.29) is 5.41 Å². The van der Waals surface area contributed by atoms with E-state index in [4.69, 9.17) is 5.73 Å². The number of thiazole rings is 1. The van der Waals surface area contributed by atoms with Crippen molar-refractivity contribution in [3.8, 4) is 0 Å². The van der Waals surface area contributed by atoms with E-state index in [2.05, 4.69) is 30.7 Å². The Hall–Kier alpha value is -0.900. The fourth-order valence-electron chi connectivity index (χ4n) is 1.65. The highest BCUT2D eigenvalue weighted by atomic mass is 32.1. The van der Waals surface area contributed by atoms with Crippen LogP contribution < -0.4 is 5.73 Å². The Balaban J connectivity index is 2.50. The summed E-state index contributed by atoms with van der Waals surface area (Å²) in [5.74, 6) is 0. The Bertz CT molecular complexity index is 385. The zero-order valence-electron chi connectivity index (χ0n) is 8.79. The average Bonchev–Trinajstić information content (AvgIpc) is 2.41. The van der Waals surface area contributed by atoms with Gasteiger partial charge in [-0.15, -0.1) is 0 Å². The minimum atomic E-state index is 0.0914. The SMILES string of the molecule is CC(C)(C)C1=NCCc2nc(N)sc21. The largest absolute Gasteiger partial charge is 0.375 e. The van der Waals surface area contributed by atoms with Crippen molar-refractivity contribution in [1.82, 2.24) is 4.98 Å². The van der Waals surface area contributed by atoms with Crippen molar-refractivity contribution in [2.45, 2.75) is 27.2 Å². The van der Waals surface area contributed by atoms with Crippen LogP contribution in [0.5, 0.6) is 0 Å². The highest BCUT2D eigenvalue weighted by Gasteiger charge is 2.27. The van der Waals surface area contributed by atoms with Crippen molar-refractivity contribution in [3.05, 3.63) is 10.6 Å². The van der Waals surface area contributed by atoms with Crippen molar-refractivity contribution >= 4 is 22.2 Å². The van der Waals surface area contributed by atoms with E-state index >= 15 is 0 Å². The van der Waals surface area contributed by atoms with Gasteiger partial charge in [-0.25, -0.2) is 4.98 Å². The second kappa shape index (κ2) is 3.05. The molecule has 3 nitrogen and oxygen atoms in total. The Kier molecular flexibility index (Phi) is 2.10. The lowest BCUT2D eigenvalue weighted by Gasteiger charge is -2.23. The molecule has 4 heteroatoms. The molecule has 14 heavy (non-hydrogen) atoms. The number of nitrogens with two attached hydrogens (primary N) is 1. The third kappa shape index (κ3) is 1.54. The van der Waals surface area contributed by atoms with Crippen LogP contribution in [0.15, 0.2) is 4.99 Å². The van der Waals surface area contributed by atoms with Crippen LogP contribution in [0, 0.1) is 5.41 Å². The van der Waals surface area contributed by atoms with Crippen LogP contribution in [0.25, 0.3) is 0 Å². The van der Waals surface area contributed by atoms with Gasteiger partial charge in [0.1, 0.15) is 0 Å². The highest BCUT2D eigenvalue weighted by Crippen LogP contribution is 2.32. The van der Waals surface area contributed by atoms with Gasteiger partial charge in [-0.05, 0) is 0 Å². The lowest BCUT2D eigenvalue weighted by molar-refractivity contribution is 0.586. The quantitative estimate of drug-likeness (QED) is 0.711. The molecule has 2 N–H and O–H groups in total. The van der Waals surface area contributed by atoms with Crippen LogP contribution in [-0.4, -0.2) is 17.2 Å². The fourth-order valence-corrected chi connectivity index (χ4v) is 2.75. The predicted molar refractivity (Wildman–Crippen MR) is 61.1 cm³/mol. The van der Waals surface area contributed by atoms with Gasteiger partial charge < -0.3 is 5.73 Å². The third-order valence-corrected chi connectivity index (χ3v) is 3.19. The molecule has 0 radical (unpaired) electrons. The molecule has 1 aromatic rings. The summed E-state index contributed by atoms with van der Waals surface area (Å²) in [6.07, 6.45) is 0.933. The van der Waals surface area contributed by atoms with Gasteiger partial charge in [0.15, 0.2) is 5.13 Å². The third-order valence-electron chi connectivity index (χ3n) is 2.26. The second-order valence-electron chi connectivity index (χ2n) is 4.56. The minimum absolute atomic E-state index is 0.0914. The van der Waals surface area contributed by atoms with Crippen molar-refractivity contribution < 1.29 is 0 Å². The maximum absolute atomic E-state index is 5.72. The first kappa shape index (κ1) is 9.65. The molecule has 0 saturated heterocycles. The van der Waals surface area contributed by atoms with E-state index < -0.39 is 0 Å². The first-order chi connectivity index (χ1) is 6.48. The predicted octanol–water partition coefficient (Wildman–Crippen LogP) is 2.12. The summed E-state index contributed by atoms with van der Waals surface area (Å²) >= 11 is 1.56. The van der Waals surface area contributed by atoms with Gasteiger partial charge in [0.2, 0.25) is 0 Å². The van der Waals surface area contributed by atoms with Crippen molar-refractivity contribution in [1.29, 1.82) is 0 Å². The molecule has 0 fully saturated rings. The van der Waals surface area contributed by atoms with Gasteiger partial charge >= 0.3 is 0 Å². The Morgan fingerprint density at radius 3 is 2.71 bits per heavy atom. The van der Waals surface area contributed by atoms with Gasteiger partial charge in [-0.3, -0.25) is 4.99 Å². The van der Waals surface area contributed by atoms with Crippen LogP contribution >= 0.6 is 11.3 Å². The smallest absolute Gasteiger partial charge is 0.180 e. The maximum Gasteiger partial charge on any atom is 0.180 e. The summed E-state index contributed by atoms with van der Waals surface area (Å²) in [7, 11) is 0. The topological polar surface area (TPSA) is 51.3 Å². The number of fused-ring (bicyclic) bond motifs is 1. The number of hydrogen-bond donors (Lipinski definition) is 1. The normalized spacial score (nSPS) is 16.4. The van der Waals surface area contributed by atoms with Gasteiger partial charge in [0.25, 0.3) is 0 Å². The second-order valence-corrected chi connectivity index (χ2v) is 5.59. The molecule has 0 saturated carbocycles. The molecule has 2 rings (SSSR count). The van der Waals surface area contributed by atoms with Crippen LogP contribution in [0.2, 0.25) is 0 Å². The van der Waals surface area contributed by atoms with Crippen molar-refractivity contribution in [2.75, 3.05) is 12.3 Å².